The van der Waals surface area contributed by atoms with Gasteiger partial charge in [0.2, 0.25) is 0 Å². The first-order valence-electron chi connectivity index (χ1n) is 11.0. The third-order valence-electron chi connectivity index (χ3n) is 5.51. The molecule has 8 nitrogen and oxygen atoms in total. The van der Waals surface area contributed by atoms with Crippen LogP contribution >= 0.6 is 0 Å². The third-order valence-corrected chi connectivity index (χ3v) is 5.51. The first-order chi connectivity index (χ1) is 15.7. The second-order valence-corrected chi connectivity index (χ2v) is 9.09. The summed E-state index contributed by atoms with van der Waals surface area (Å²) in [5, 5.41) is 2.78. The van der Waals surface area contributed by atoms with E-state index in [4.69, 9.17) is 4.74 Å². The number of ether oxygens (including phenoxy) is 1. The number of hydrogen-bond acceptors (Lipinski definition) is 4. The summed E-state index contributed by atoms with van der Waals surface area (Å²) in [6, 6.07) is 8.18. The van der Waals surface area contributed by atoms with Gasteiger partial charge in [-0.3, -0.25) is 4.79 Å². The van der Waals surface area contributed by atoms with Gasteiger partial charge in [-0.1, -0.05) is 0 Å². The molecule has 0 bridgehead atoms. The van der Waals surface area contributed by atoms with E-state index in [0.29, 0.717) is 43.0 Å². The molecule has 3 heterocycles. The summed E-state index contributed by atoms with van der Waals surface area (Å²) in [7, 11) is 0. The Bertz CT molecular complexity index is 1130. The molecule has 2 amide bonds. The van der Waals surface area contributed by atoms with Crippen molar-refractivity contribution >= 4 is 17.7 Å². The Morgan fingerprint density at radius 2 is 1.91 bits per heavy atom. The molecule has 1 N–H and O–H groups in total. The quantitative estimate of drug-likeness (QED) is 0.624. The van der Waals surface area contributed by atoms with Crippen molar-refractivity contribution in [2.24, 2.45) is 0 Å². The number of carbonyl (C=O) groups excluding carboxylic acids is 2. The average Bonchev–Trinajstić information content (AvgIpc) is 3.45. The minimum absolute atomic E-state index is 0.0831. The molecular formula is C24H28FN5O3. The monoisotopic (exact) mass is 453 g/mol. The van der Waals surface area contributed by atoms with Crippen LogP contribution in [0.15, 0.2) is 55.2 Å². The van der Waals surface area contributed by atoms with Crippen molar-refractivity contribution in [1.29, 1.82) is 0 Å². The number of imidazole rings is 1. The lowest BCUT2D eigenvalue weighted by atomic mass is 10.0. The summed E-state index contributed by atoms with van der Waals surface area (Å²) in [5.41, 5.74) is 0.681. The predicted octanol–water partition coefficient (Wildman–Crippen LogP) is 4.64. The standard InChI is InChI=1S/C24H28FN5O3/c1-24(2,3)33-23(32)28-12-8-18(9-13-28)30-11-4-5-21(30)22(31)27-17-6-7-20(19(25)15-17)29-14-10-26-16-29/h4-7,10-11,14-16,18H,8-9,12-13H2,1-3H3,(H,27,31). The molecule has 33 heavy (non-hydrogen) atoms. The number of halogens is 1. The number of nitrogens with one attached hydrogen (secondary N) is 1. The molecule has 0 spiro atoms. The second kappa shape index (κ2) is 9.09. The topological polar surface area (TPSA) is 81.4 Å². The Morgan fingerprint density at radius 1 is 1.15 bits per heavy atom. The van der Waals surface area contributed by atoms with Crippen LogP contribution in [0.1, 0.15) is 50.1 Å². The van der Waals surface area contributed by atoms with Crippen LogP contribution in [0.4, 0.5) is 14.9 Å². The van der Waals surface area contributed by atoms with Crippen LogP contribution in [0.25, 0.3) is 5.69 Å². The van der Waals surface area contributed by atoms with E-state index in [0.717, 1.165) is 0 Å². The Balaban J connectivity index is 1.40. The number of nitrogens with zero attached hydrogens (tertiary/aromatic N) is 4. The zero-order valence-corrected chi connectivity index (χ0v) is 19.0. The van der Waals surface area contributed by atoms with Crippen molar-refractivity contribution in [2.75, 3.05) is 18.4 Å². The second-order valence-electron chi connectivity index (χ2n) is 9.09. The maximum atomic E-state index is 14.5. The smallest absolute Gasteiger partial charge is 0.410 e. The largest absolute Gasteiger partial charge is 0.444 e. The van der Waals surface area contributed by atoms with E-state index in [-0.39, 0.29) is 18.0 Å². The lowest BCUT2D eigenvalue weighted by Gasteiger charge is -2.34. The summed E-state index contributed by atoms with van der Waals surface area (Å²) >= 11 is 0. The molecular weight excluding hydrogens is 425 g/mol. The highest BCUT2D eigenvalue weighted by molar-refractivity contribution is 6.03. The Morgan fingerprint density at radius 3 is 2.55 bits per heavy atom. The maximum absolute atomic E-state index is 14.5. The summed E-state index contributed by atoms with van der Waals surface area (Å²) in [5.74, 6) is -0.778. The highest BCUT2D eigenvalue weighted by atomic mass is 19.1. The van der Waals surface area contributed by atoms with Crippen LogP contribution < -0.4 is 5.32 Å². The lowest BCUT2D eigenvalue weighted by Crippen LogP contribution is -2.42. The van der Waals surface area contributed by atoms with Crippen molar-refractivity contribution in [3.05, 3.63) is 66.8 Å². The normalized spacial score (nSPS) is 14.8. The van der Waals surface area contributed by atoms with Gasteiger partial charge >= 0.3 is 6.09 Å². The molecule has 2 aromatic heterocycles. The Hall–Kier alpha value is -3.62. The van der Waals surface area contributed by atoms with Gasteiger partial charge in [0.25, 0.3) is 5.91 Å². The molecule has 174 valence electrons. The first kappa shape index (κ1) is 22.6. The number of aromatic nitrogens is 3. The number of amides is 2. The molecule has 0 radical (unpaired) electrons. The van der Waals surface area contributed by atoms with Gasteiger partial charge < -0.3 is 24.1 Å². The predicted molar refractivity (Wildman–Crippen MR) is 122 cm³/mol. The number of piperidine rings is 1. The molecule has 4 rings (SSSR count). The summed E-state index contributed by atoms with van der Waals surface area (Å²) < 4.78 is 23.5. The molecule has 1 aromatic carbocycles. The molecule has 1 saturated heterocycles. The van der Waals surface area contributed by atoms with Crippen molar-refractivity contribution in [3.8, 4) is 5.69 Å². The fourth-order valence-corrected chi connectivity index (χ4v) is 3.95. The molecule has 1 fully saturated rings. The molecule has 1 aliphatic rings. The molecule has 0 unspecified atom stereocenters. The number of carbonyl (C=O) groups is 2. The zero-order chi connectivity index (χ0) is 23.6. The average molecular weight is 454 g/mol. The highest BCUT2D eigenvalue weighted by Crippen LogP contribution is 2.26. The van der Waals surface area contributed by atoms with Crippen LogP contribution in [-0.4, -0.2) is 49.7 Å². The molecule has 0 saturated carbocycles. The van der Waals surface area contributed by atoms with Crippen LogP contribution in [0.5, 0.6) is 0 Å². The van der Waals surface area contributed by atoms with Gasteiger partial charge in [0.15, 0.2) is 0 Å². The molecule has 1 aliphatic heterocycles. The van der Waals surface area contributed by atoms with Crippen molar-refractivity contribution in [1.82, 2.24) is 19.0 Å². The van der Waals surface area contributed by atoms with Gasteiger partial charge in [-0.25, -0.2) is 14.2 Å². The lowest BCUT2D eigenvalue weighted by molar-refractivity contribution is 0.0187. The summed E-state index contributed by atoms with van der Waals surface area (Å²) in [4.78, 5) is 30.9. The van der Waals surface area contributed by atoms with Crippen LogP contribution in [-0.2, 0) is 4.74 Å². The van der Waals surface area contributed by atoms with E-state index >= 15 is 0 Å². The van der Waals surface area contributed by atoms with Gasteiger partial charge in [-0.05, 0) is 63.9 Å². The van der Waals surface area contributed by atoms with Gasteiger partial charge in [-0.2, -0.15) is 0 Å². The highest BCUT2D eigenvalue weighted by Gasteiger charge is 2.28. The summed E-state index contributed by atoms with van der Waals surface area (Å²) in [6.07, 6.45) is 7.71. The van der Waals surface area contributed by atoms with Gasteiger partial charge in [0.05, 0.1) is 12.0 Å². The van der Waals surface area contributed by atoms with E-state index in [1.807, 2.05) is 37.6 Å². The van der Waals surface area contributed by atoms with Gasteiger partial charge in [0.1, 0.15) is 17.1 Å². The fourth-order valence-electron chi connectivity index (χ4n) is 3.95. The Labute approximate surface area is 192 Å². The van der Waals surface area contributed by atoms with Crippen LogP contribution in [0, 0.1) is 5.82 Å². The minimum atomic E-state index is -0.532. The zero-order valence-electron chi connectivity index (χ0n) is 19.0. The number of benzene rings is 1. The van der Waals surface area contributed by atoms with E-state index < -0.39 is 11.4 Å². The van der Waals surface area contributed by atoms with E-state index in [2.05, 4.69) is 10.3 Å². The molecule has 3 aromatic rings. The van der Waals surface area contributed by atoms with E-state index in [1.165, 1.54) is 12.4 Å². The maximum Gasteiger partial charge on any atom is 0.410 e. The third kappa shape index (κ3) is 5.24. The minimum Gasteiger partial charge on any atom is -0.444 e. The Kier molecular flexibility index (Phi) is 6.22. The number of hydrogen-bond donors (Lipinski definition) is 1. The molecule has 9 heteroatoms. The number of likely N-dealkylation sites (tertiary alicyclic amines) is 1. The molecule has 0 atom stereocenters. The van der Waals surface area contributed by atoms with E-state index in [1.54, 1.807) is 40.1 Å². The number of rotatable bonds is 4. The van der Waals surface area contributed by atoms with Crippen molar-refractivity contribution in [2.45, 2.75) is 45.3 Å². The van der Waals surface area contributed by atoms with E-state index in [9.17, 15) is 14.0 Å². The first-order valence-corrected chi connectivity index (χ1v) is 11.0. The number of anilines is 1. The van der Waals surface area contributed by atoms with Gasteiger partial charge in [0, 0.05) is 43.4 Å². The SMILES string of the molecule is CC(C)(C)OC(=O)N1CCC(n2cccc2C(=O)Nc2ccc(-n3ccnc3)c(F)c2)CC1. The van der Waals surface area contributed by atoms with Crippen molar-refractivity contribution in [3.63, 3.8) is 0 Å². The van der Waals surface area contributed by atoms with Crippen molar-refractivity contribution < 1.29 is 18.7 Å². The summed E-state index contributed by atoms with van der Waals surface area (Å²) in [6.45, 7) is 6.65. The van der Waals surface area contributed by atoms with Crippen LogP contribution in [0.3, 0.4) is 0 Å². The van der Waals surface area contributed by atoms with Crippen LogP contribution in [0.2, 0.25) is 0 Å². The van der Waals surface area contributed by atoms with Gasteiger partial charge in [-0.15, -0.1) is 0 Å². The molecule has 0 aliphatic carbocycles. The fraction of sp³-hybridized carbons (Fsp3) is 0.375.